The summed E-state index contributed by atoms with van der Waals surface area (Å²) in [5.74, 6) is 7.65. The molecule has 0 N–H and O–H groups in total. The molecule has 4 aromatic heterocycles. The van der Waals surface area contributed by atoms with E-state index >= 15 is 0 Å². The molecule has 0 unspecified atom stereocenters. The molecule has 0 saturated heterocycles. The topological polar surface area (TPSA) is 69.6 Å². The van der Waals surface area contributed by atoms with Crippen molar-refractivity contribution in [3.05, 3.63) is 168 Å². The van der Waals surface area contributed by atoms with Gasteiger partial charge in [0, 0.05) is 36.6 Å². The van der Waals surface area contributed by atoms with Gasteiger partial charge in [0.2, 0.25) is 0 Å². The summed E-state index contributed by atoms with van der Waals surface area (Å²) in [5, 5.41) is 12.6. The molecule has 64 heavy (non-hydrogen) atoms. The van der Waals surface area contributed by atoms with Crippen LogP contribution in [0.25, 0.3) is 83.5 Å². The molecule has 10 rings (SSSR count). The first-order valence-corrected chi connectivity index (χ1v) is 29.2. The Morgan fingerprint density at radius 2 is 1.33 bits per heavy atom. The van der Waals surface area contributed by atoms with Crippen LogP contribution in [0, 0.1) is 12.1 Å². The molecule has 8 heteroatoms. The van der Waals surface area contributed by atoms with Gasteiger partial charge in [-0.3, -0.25) is 4.98 Å². The number of pyridine rings is 1. The summed E-state index contributed by atoms with van der Waals surface area (Å²) in [7, 11) is 0. The van der Waals surface area contributed by atoms with Gasteiger partial charge in [0.15, 0.2) is 5.65 Å². The minimum absolute atomic E-state index is 0. The molecule has 0 spiro atoms. The number of nitrogens with zero attached hydrogens (tertiary/aromatic N) is 5. The molecule has 0 amide bonds. The molecule has 0 bridgehead atoms. The van der Waals surface area contributed by atoms with Crippen LogP contribution in [-0.4, -0.2) is 38.0 Å². The van der Waals surface area contributed by atoms with Crippen molar-refractivity contribution in [2.24, 2.45) is 0 Å². The smallest absolute Gasteiger partial charge is 0 e. The second-order valence-electron chi connectivity index (χ2n) is 18.2. The number of imidazole rings is 1. The molecule has 10 aromatic rings. The van der Waals surface area contributed by atoms with Gasteiger partial charge in [0.25, 0.3) is 0 Å². The maximum absolute atomic E-state index is 8.44. The van der Waals surface area contributed by atoms with Gasteiger partial charge in [0.05, 0.1) is 16.9 Å². The molecule has 0 saturated carbocycles. The number of aromatic nitrogens is 5. The average Bonchev–Trinajstić information content (AvgIpc) is 3.88. The summed E-state index contributed by atoms with van der Waals surface area (Å²) >= 11 is -2.03. The van der Waals surface area contributed by atoms with Gasteiger partial charge in [-0.15, -0.1) is 28.4 Å². The molecular weight excluding hydrogens is 1020 g/mol. The third-order valence-electron chi connectivity index (χ3n) is 11.8. The fourth-order valence-electron chi connectivity index (χ4n) is 8.57. The SMILES string of the molecule is CC(C)c1cc(-c2ccccc2)cc(C(C)C)c1-n1c(-c2[c-]ccc3c2oc2ccccc23)nc2c3ccccc3nnc21.[2H]C(C)(C)c1cc(-c2[c-]cccc2)nc[c]1[Ge]([CH3])([CH3])[CH3].[Ir]. The second-order valence-corrected chi connectivity index (χ2v) is 28.7. The maximum atomic E-state index is 8.44. The van der Waals surface area contributed by atoms with Crippen molar-refractivity contribution in [3.8, 4) is 39.5 Å². The monoisotopic (exact) mass is 1080 g/mol. The quantitative estimate of drug-likeness (QED) is 0.112. The van der Waals surface area contributed by atoms with Gasteiger partial charge < -0.3 is 8.98 Å². The predicted molar refractivity (Wildman–Crippen MR) is 265 cm³/mol. The number of furan rings is 1. The predicted octanol–water partition coefficient (Wildman–Crippen LogP) is 14.5. The fraction of sp³-hybridized carbons (Fsp3) is 0.214. The van der Waals surface area contributed by atoms with Crippen molar-refractivity contribution >= 4 is 61.7 Å². The number of fused-ring (bicyclic) bond motifs is 6. The number of rotatable bonds is 8. The third-order valence-corrected chi connectivity index (χ3v) is 16.0. The van der Waals surface area contributed by atoms with E-state index in [4.69, 9.17) is 15.9 Å². The van der Waals surface area contributed by atoms with E-state index in [1.54, 1.807) is 0 Å². The minimum Gasteiger partial charge on any atom is 0 e. The molecule has 0 aliphatic heterocycles. The number of hydrogen-bond donors (Lipinski definition) is 0. The van der Waals surface area contributed by atoms with E-state index in [9.17, 15) is 0 Å². The maximum Gasteiger partial charge on any atom is 0 e. The first-order valence-electron chi connectivity index (χ1n) is 22.4. The zero-order valence-corrected chi connectivity index (χ0v) is 42.4. The molecule has 0 aliphatic rings. The Morgan fingerprint density at radius 3 is 2.00 bits per heavy atom. The summed E-state index contributed by atoms with van der Waals surface area (Å²) in [6.07, 6.45) is 2.00. The van der Waals surface area contributed by atoms with Crippen LogP contribution in [0.5, 0.6) is 0 Å². The van der Waals surface area contributed by atoms with Crippen molar-refractivity contribution in [2.45, 2.75) is 76.5 Å². The van der Waals surface area contributed by atoms with Crippen LogP contribution in [0.3, 0.4) is 0 Å². The van der Waals surface area contributed by atoms with Crippen LogP contribution in [0.4, 0.5) is 0 Å². The van der Waals surface area contributed by atoms with E-state index in [-0.39, 0.29) is 31.9 Å². The van der Waals surface area contributed by atoms with Crippen LogP contribution in [-0.2, 0) is 20.1 Å². The van der Waals surface area contributed by atoms with Crippen LogP contribution >= 0.6 is 0 Å². The zero-order valence-electron chi connectivity index (χ0n) is 38.9. The third kappa shape index (κ3) is 8.49. The van der Waals surface area contributed by atoms with E-state index in [0.29, 0.717) is 0 Å². The van der Waals surface area contributed by atoms with Gasteiger partial charge in [-0.05, 0) is 58.4 Å². The number of hydrogen-bond acceptors (Lipinski definition) is 5. The first-order chi connectivity index (χ1) is 30.7. The Kier molecular flexibility index (Phi) is 12.5. The zero-order chi connectivity index (χ0) is 44.9. The molecule has 4 heterocycles. The molecule has 6 aromatic carbocycles. The van der Waals surface area contributed by atoms with Crippen LogP contribution < -0.4 is 4.40 Å². The summed E-state index contributed by atoms with van der Waals surface area (Å²) < 4.78 is 18.5. The van der Waals surface area contributed by atoms with Gasteiger partial charge in [-0.2, -0.15) is 0 Å². The summed E-state index contributed by atoms with van der Waals surface area (Å²) in [6, 6.07) is 52.2. The second kappa shape index (κ2) is 18.4. The van der Waals surface area contributed by atoms with Crippen molar-refractivity contribution in [1.29, 1.82) is 0 Å². The summed E-state index contributed by atoms with van der Waals surface area (Å²) in [5.41, 5.74) is 13.7. The molecule has 0 fully saturated rings. The van der Waals surface area contributed by atoms with Crippen LogP contribution in [0.2, 0.25) is 17.3 Å². The first kappa shape index (κ1) is 43.5. The van der Waals surface area contributed by atoms with E-state index in [1.165, 1.54) is 26.6 Å². The Hall–Kier alpha value is -5.73. The molecule has 6 nitrogen and oxygen atoms in total. The fourth-order valence-corrected chi connectivity index (χ4v) is 11.9. The van der Waals surface area contributed by atoms with Crippen molar-refractivity contribution in [1.82, 2.24) is 24.7 Å². The van der Waals surface area contributed by atoms with Crippen LogP contribution in [0.1, 0.15) is 77.3 Å². The van der Waals surface area contributed by atoms with Gasteiger partial charge in [-0.25, -0.2) is 0 Å². The molecule has 1 radical (unpaired) electrons. The largest absolute Gasteiger partial charge is 0 e. The van der Waals surface area contributed by atoms with Crippen molar-refractivity contribution in [3.63, 3.8) is 0 Å². The van der Waals surface area contributed by atoms with E-state index in [0.717, 1.165) is 77.9 Å². The van der Waals surface area contributed by atoms with Crippen LogP contribution in [0.15, 0.2) is 144 Å². The van der Waals surface area contributed by atoms with E-state index in [1.807, 2.05) is 86.8 Å². The van der Waals surface area contributed by atoms with Gasteiger partial charge >= 0.3 is 120 Å². The Bertz CT molecular complexity index is 3280. The standard InChI is InChI=1S/C39H31N4O.C17H22GeN.Ir/c1-23(2)31-21-26(25-13-6-5-7-14-25)22-32(24(3)4)36(31)43-38(40-35-29-16-8-10-19-33(29)41-42-39(35)43)30-18-12-17-28-27-15-9-11-20-34(27)44-37(28)30;1-13(2)15-11-17(14-9-7-6-8-10-14)19-12-16(15)18(3,4)5;/h5-17,19-24H,1-4H3;6-9,11-13H,1-5H3;/q2*-1;/i;13D;. The normalized spacial score (nSPS) is 12.2. The van der Waals surface area contributed by atoms with Gasteiger partial charge in [-0.1, -0.05) is 105 Å². The average molecular weight is 1080 g/mol. The molecule has 0 aliphatic carbocycles. The Morgan fingerprint density at radius 1 is 0.656 bits per heavy atom. The van der Waals surface area contributed by atoms with E-state index in [2.05, 4.69) is 138 Å². The molecule has 323 valence electrons. The molecule has 0 atom stereocenters. The number of benzene rings is 6. The van der Waals surface area contributed by atoms with Crippen molar-refractivity contribution < 1.29 is 25.9 Å². The van der Waals surface area contributed by atoms with Crippen molar-refractivity contribution in [2.75, 3.05) is 0 Å². The summed E-state index contributed by atoms with van der Waals surface area (Å²) in [6.45, 7) is 12.9. The summed E-state index contributed by atoms with van der Waals surface area (Å²) in [4.78, 5) is 9.98. The Labute approximate surface area is 394 Å². The molecular formula is C56H53GeIrN5O-2. The minimum atomic E-state index is -2.03. The van der Waals surface area contributed by atoms with E-state index < -0.39 is 19.2 Å². The van der Waals surface area contributed by atoms with Gasteiger partial charge in [0.1, 0.15) is 11.1 Å². The Balaban J connectivity index is 0.000000232. The number of para-hydroxylation sites is 1.